The number of benzene rings is 5. The lowest BCUT2D eigenvalue weighted by Gasteiger charge is -2.37. The molecule has 39 heavy (non-hydrogen) atoms. The van der Waals surface area contributed by atoms with Gasteiger partial charge in [-0.05, 0) is 53.8 Å². The molecule has 6 rings (SSSR count). The first-order valence-electron chi connectivity index (χ1n) is 13.0. The highest BCUT2D eigenvalue weighted by atomic mass is 31.1. The van der Waals surface area contributed by atoms with E-state index in [1.165, 1.54) is 39.2 Å². The standard InChI is InChI=1S/C34H27F3NP/c35-34(36,37)26-21-19-25(20-22-26)31-23-30(24-11-4-1-5-12-24)29-17-10-18-32(33(29)38-31)39(27-13-6-2-7-14-27)28-15-8-3-9-16-28/h1-22,30-31,38H,23H2/t30-,31+/m1/s1. The molecule has 0 aliphatic carbocycles. The number of hydrogen-bond donors (Lipinski definition) is 1. The summed E-state index contributed by atoms with van der Waals surface area (Å²) in [6.45, 7) is 0. The summed E-state index contributed by atoms with van der Waals surface area (Å²) in [4.78, 5) is 0. The molecule has 5 aromatic rings. The van der Waals surface area contributed by atoms with Crippen molar-refractivity contribution in [1.82, 2.24) is 0 Å². The second kappa shape index (κ2) is 10.7. The maximum absolute atomic E-state index is 13.3. The number of alkyl halides is 3. The van der Waals surface area contributed by atoms with Crippen molar-refractivity contribution in [3.05, 3.63) is 156 Å². The molecule has 0 spiro atoms. The summed E-state index contributed by atoms with van der Waals surface area (Å²) in [5, 5.41) is 7.52. The van der Waals surface area contributed by atoms with Gasteiger partial charge in [-0.1, -0.05) is 121 Å². The van der Waals surface area contributed by atoms with Gasteiger partial charge in [0.15, 0.2) is 0 Å². The van der Waals surface area contributed by atoms with Crippen LogP contribution in [0.4, 0.5) is 18.9 Å². The Bertz CT molecular complexity index is 1500. The second-order valence-corrected chi connectivity index (χ2v) is 11.9. The van der Waals surface area contributed by atoms with Crippen molar-refractivity contribution >= 4 is 29.5 Å². The number of nitrogens with one attached hydrogen (secondary N) is 1. The molecule has 194 valence electrons. The first-order valence-corrected chi connectivity index (χ1v) is 14.3. The Morgan fingerprint density at radius 3 is 1.72 bits per heavy atom. The summed E-state index contributed by atoms with van der Waals surface area (Å²) in [5.41, 5.74) is 3.74. The molecule has 0 aromatic heterocycles. The van der Waals surface area contributed by atoms with Crippen molar-refractivity contribution in [2.24, 2.45) is 0 Å². The van der Waals surface area contributed by atoms with Crippen LogP contribution in [0.2, 0.25) is 0 Å². The van der Waals surface area contributed by atoms with Crippen LogP contribution in [0, 0.1) is 0 Å². The Balaban J connectivity index is 1.51. The fraction of sp³-hybridized carbons (Fsp3) is 0.118. The van der Waals surface area contributed by atoms with Gasteiger partial charge in [0.25, 0.3) is 0 Å². The zero-order valence-electron chi connectivity index (χ0n) is 21.1. The van der Waals surface area contributed by atoms with Crippen LogP contribution >= 0.6 is 7.92 Å². The van der Waals surface area contributed by atoms with Crippen LogP contribution < -0.4 is 21.2 Å². The van der Waals surface area contributed by atoms with Gasteiger partial charge in [-0.3, -0.25) is 0 Å². The van der Waals surface area contributed by atoms with Crippen LogP contribution in [0.5, 0.6) is 0 Å². The molecule has 1 nitrogen and oxygen atoms in total. The maximum Gasteiger partial charge on any atom is 0.416 e. The van der Waals surface area contributed by atoms with Crippen LogP contribution in [-0.4, -0.2) is 0 Å². The minimum Gasteiger partial charge on any atom is -0.377 e. The third-order valence-corrected chi connectivity index (χ3v) is 9.84. The molecular weight excluding hydrogens is 510 g/mol. The third kappa shape index (κ3) is 5.22. The van der Waals surface area contributed by atoms with E-state index >= 15 is 0 Å². The van der Waals surface area contributed by atoms with Gasteiger partial charge in [-0.15, -0.1) is 0 Å². The van der Waals surface area contributed by atoms with E-state index < -0.39 is 19.7 Å². The minimum atomic E-state index is -4.36. The van der Waals surface area contributed by atoms with E-state index in [-0.39, 0.29) is 12.0 Å². The monoisotopic (exact) mass is 537 g/mol. The molecule has 1 N–H and O–H groups in total. The Morgan fingerprint density at radius 2 is 1.15 bits per heavy atom. The molecule has 0 bridgehead atoms. The summed E-state index contributed by atoms with van der Waals surface area (Å²) >= 11 is 0. The Kier molecular flexibility index (Phi) is 6.97. The van der Waals surface area contributed by atoms with Gasteiger partial charge in [0.05, 0.1) is 11.6 Å². The summed E-state index contributed by atoms with van der Waals surface area (Å²) in [5.74, 6) is 0.109. The molecule has 0 saturated heterocycles. The van der Waals surface area contributed by atoms with Gasteiger partial charge < -0.3 is 5.32 Å². The van der Waals surface area contributed by atoms with E-state index in [1.807, 2.05) is 18.2 Å². The number of halogens is 3. The van der Waals surface area contributed by atoms with Gasteiger partial charge in [-0.2, -0.15) is 13.2 Å². The number of anilines is 1. The van der Waals surface area contributed by atoms with Gasteiger partial charge in [0, 0.05) is 16.9 Å². The fourth-order valence-electron chi connectivity index (χ4n) is 5.49. The van der Waals surface area contributed by atoms with Gasteiger partial charge >= 0.3 is 6.18 Å². The summed E-state index contributed by atoms with van der Waals surface area (Å²) in [6, 6.07) is 43.5. The molecule has 0 fully saturated rings. The number of para-hydroxylation sites is 1. The molecule has 5 heteroatoms. The summed E-state index contributed by atoms with van der Waals surface area (Å²) < 4.78 is 39.9. The van der Waals surface area contributed by atoms with Crippen LogP contribution in [0.25, 0.3) is 0 Å². The van der Waals surface area contributed by atoms with E-state index in [2.05, 4.69) is 96.3 Å². The van der Waals surface area contributed by atoms with E-state index in [4.69, 9.17) is 0 Å². The van der Waals surface area contributed by atoms with E-state index in [0.29, 0.717) is 0 Å². The second-order valence-electron chi connectivity index (χ2n) is 9.76. The first-order chi connectivity index (χ1) is 19.0. The highest BCUT2D eigenvalue weighted by Crippen LogP contribution is 2.47. The van der Waals surface area contributed by atoms with Crippen molar-refractivity contribution in [3.63, 3.8) is 0 Å². The largest absolute Gasteiger partial charge is 0.416 e. The molecule has 0 amide bonds. The number of hydrogen-bond acceptors (Lipinski definition) is 1. The normalized spacial score (nSPS) is 16.9. The minimum absolute atomic E-state index is 0.109. The zero-order chi connectivity index (χ0) is 26.8. The Morgan fingerprint density at radius 1 is 0.590 bits per heavy atom. The molecule has 0 saturated carbocycles. The quantitative estimate of drug-likeness (QED) is 0.223. The SMILES string of the molecule is FC(F)(F)c1ccc([C@@H]2C[C@H](c3ccccc3)c3cccc(P(c4ccccc4)c4ccccc4)c3N2)cc1. The topological polar surface area (TPSA) is 12.0 Å². The van der Waals surface area contributed by atoms with Gasteiger partial charge in [0.2, 0.25) is 0 Å². The zero-order valence-corrected chi connectivity index (χ0v) is 22.0. The van der Waals surface area contributed by atoms with E-state index in [9.17, 15) is 13.2 Å². The Hall–Kier alpha value is -3.88. The molecule has 5 aromatic carbocycles. The lowest BCUT2D eigenvalue weighted by molar-refractivity contribution is -0.137. The van der Waals surface area contributed by atoms with Crippen LogP contribution in [0.1, 0.15) is 40.6 Å². The first kappa shape index (κ1) is 25.4. The van der Waals surface area contributed by atoms with Crippen molar-refractivity contribution in [3.8, 4) is 0 Å². The highest BCUT2D eigenvalue weighted by Gasteiger charge is 2.34. The average Bonchev–Trinajstić information content (AvgIpc) is 2.98. The maximum atomic E-state index is 13.3. The van der Waals surface area contributed by atoms with Crippen LogP contribution in [0.3, 0.4) is 0 Å². The molecule has 1 heterocycles. The molecule has 1 aliphatic heterocycles. The molecular formula is C34H27F3NP. The van der Waals surface area contributed by atoms with Crippen molar-refractivity contribution in [1.29, 1.82) is 0 Å². The molecule has 2 atom stereocenters. The third-order valence-electron chi connectivity index (χ3n) is 7.35. The summed E-state index contributed by atoms with van der Waals surface area (Å²) in [7, 11) is -0.868. The predicted molar refractivity (Wildman–Crippen MR) is 156 cm³/mol. The number of fused-ring (bicyclic) bond motifs is 1. The highest BCUT2D eigenvalue weighted by molar-refractivity contribution is 7.80. The number of rotatable bonds is 5. The van der Waals surface area contributed by atoms with Gasteiger partial charge in [-0.25, -0.2) is 0 Å². The van der Waals surface area contributed by atoms with Crippen molar-refractivity contribution < 1.29 is 13.2 Å². The fourth-order valence-corrected chi connectivity index (χ4v) is 7.94. The van der Waals surface area contributed by atoms with Gasteiger partial charge in [0.1, 0.15) is 0 Å². The smallest absolute Gasteiger partial charge is 0.377 e. The Labute approximate surface area is 228 Å². The molecule has 0 radical (unpaired) electrons. The predicted octanol–water partition coefficient (Wildman–Crippen LogP) is 8.15. The summed E-state index contributed by atoms with van der Waals surface area (Å²) in [6.07, 6.45) is -3.60. The lowest BCUT2D eigenvalue weighted by atomic mass is 9.80. The lowest BCUT2D eigenvalue weighted by Crippen LogP contribution is -2.30. The molecule has 0 unspecified atom stereocenters. The van der Waals surface area contributed by atoms with Crippen molar-refractivity contribution in [2.75, 3.05) is 5.32 Å². The van der Waals surface area contributed by atoms with Crippen LogP contribution in [-0.2, 0) is 6.18 Å². The molecule has 1 aliphatic rings. The van der Waals surface area contributed by atoms with E-state index in [1.54, 1.807) is 12.1 Å². The van der Waals surface area contributed by atoms with Crippen LogP contribution in [0.15, 0.2) is 133 Å². The van der Waals surface area contributed by atoms with Crippen molar-refractivity contribution in [2.45, 2.75) is 24.6 Å². The van der Waals surface area contributed by atoms with E-state index in [0.717, 1.165) is 17.7 Å². The average molecular weight is 538 g/mol.